The minimum Gasteiger partial charge on any atom is -0.309 e. The van der Waals surface area contributed by atoms with Crippen molar-refractivity contribution in [2.24, 2.45) is 5.92 Å². The average Bonchev–Trinajstić information content (AvgIpc) is 3.17. The largest absolute Gasteiger partial charge is 0.309 e. The van der Waals surface area contributed by atoms with Crippen LogP contribution in [0.3, 0.4) is 0 Å². The molecule has 20 heavy (non-hydrogen) atoms. The van der Waals surface area contributed by atoms with Gasteiger partial charge in [0, 0.05) is 25.8 Å². The SMILES string of the molecule is CCNC(c1ccc(-c2cccc(Cl)c2Br)s1)C1CC1. The van der Waals surface area contributed by atoms with Gasteiger partial charge in [0.05, 0.1) is 5.02 Å². The molecule has 0 aliphatic heterocycles. The Labute approximate surface area is 137 Å². The molecule has 1 aromatic heterocycles. The summed E-state index contributed by atoms with van der Waals surface area (Å²) >= 11 is 11.7. The maximum Gasteiger partial charge on any atom is 0.0554 e. The lowest BCUT2D eigenvalue weighted by molar-refractivity contribution is 0.504. The van der Waals surface area contributed by atoms with Crippen molar-refractivity contribution in [1.29, 1.82) is 0 Å². The fourth-order valence-corrected chi connectivity index (χ4v) is 4.50. The van der Waals surface area contributed by atoms with E-state index in [9.17, 15) is 0 Å². The molecule has 1 unspecified atom stereocenters. The van der Waals surface area contributed by atoms with E-state index < -0.39 is 0 Å². The summed E-state index contributed by atoms with van der Waals surface area (Å²) < 4.78 is 0.987. The Kier molecular flexibility index (Phi) is 4.51. The standard InChI is InChI=1S/C16H17BrClNS/c1-2-19-16(10-6-7-10)14-9-8-13(20-14)11-4-3-5-12(18)15(11)17/h3-5,8-10,16,19H,2,6-7H2,1H3. The minimum atomic E-state index is 0.525. The molecule has 0 saturated heterocycles. The van der Waals surface area contributed by atoms with Gasteiger partial charge in [-0.25, -0.2) is 0 Å². The topological polar surface area (TPSA) is 12.0 Å². The molecule has 4 heteroatoms. The smallest absolute Gasteiger partial charge is 0.0554 e. The molecule has 1 saturated carbocycles. The Balaban J connectivity index is 1.91. The number of benzene rings is 1. The highest BCUT2D eigenvalue weighted by atomic mass is 79.9. The van der Waals surface area contributed by atoms with E-state index >= 15 is 0 Å². The molecule has 1 atom stereocenters. The molecule has 0 amide bonds. The Bertz CT molecular complexity index is 606. The van der Waals surface area contributed by atoms with Crippen molar-refractivity contribution in [3.63, 3.8) is 0 Å². The van der Waals surface area contributed by atoms with Crippen molar-refractivity contribution in [3.05, 3.63) is 44.7 Å². The number of hydrogen-bond acceptors (Lipinski definition) is 2. The van der Waals surface area contributed by atoms with Gasteiger partial charge in [-0.3, -0.25) is 0 Å². The molecule has 1 aromatic carbocycles. The van der Waals surface area contributed by atoms with Crippen LogP contribution in [0.15, 0.2) is 34.8 Å². The van der Waals surface area contributed by atoms with Crippen LogP contribution in [0.1, 0.15) is 30.7 Å². The Morgan fingerprint density at radius 3 is 2.85 bits per heavy atom. The van der Waals surface area contributed by atoms with Crippen LogP contribution in [0.4, 0.5) is 0 Å². The summed E-state index contributed by atoms with van der Waals surface area (Å²) in [6, 6.07) is 11.0. The van der Waals surface area contributed by atoms with Crippen LogP contribution in [0, 0.1) is 5.92 Å². The van der Waals surface area contributed by atoms with Crippen molar-refractivity contribution < 1.29 is 0 Å². The maximum absolute atomic E-state index is 6.19. The molecular weight excluding hydrogens is 354 g/mol. The zero-order valence-corrected chi connectivity index (χ0v) is 14.5. The predicted octanol–water partition coefficient (Wildman–Crippen LogP) is 5.89. The van der Waals surface area contributed by atoms with E-state index in [1.54, 1.807) is 0 Å². The van der Waals surface area contributed by atoms with Crippen LogP contribution in [-0.2, 0) is 0 Å². The van der Waals surface area contributed by atoms with Gasteiger partial charge in [0.25, 0.3) is 0 Å². The molecule has 1 aliphatic carbocycles. The summed E-state index contributed by atoms with van der Waals surface area (Å²) in [4.78, 5) is 2.72. The van der Waals surface area contributed by atoms with E-state index in [0.717, 1.165) is 22.0 Å². The van der Waals surface area contributed by atoms with E-state index in [0.29, 0.717) is 6.04 Å². The van der Waals surface area contributed by atoms with Crippen LogP contribution in [0.2, 0.25) is 5.02 Å². The summed E-state index contributed by atoms with van der Waals surface area (Å²) in [5, 5.41) is 4.39. The molecule has 1 aliphatic rings. The first-order valence-electron chi connectivity index (χ1n) is 6.98. The third-order valence-corrected chi connectivity index (χ3v) is 6.27. The van der Waals surface area contributed by atoms with Gasteiger partial charge in [-0.2, -0.15) is 0 Å². The molecular formula is C16H17BrClNS. The van der Waals surface area contributed by atoms with Gasteiger partial charge in [-0.1, -0.05) is 30.7 Å². The van der Waals surface area contributed by atoms with Crippen molar-refractivity contribution in [1.82, 2.24) is 5.32 Å². The van der Waals surface area contributed by atoms with Gasteiger partial charge in [0.2, 0.25) is 0 Å². The van der Waals surface area contributed by atoms with Crippen LogP contribution in [0.25, 0.3) is 10.4 Å². The fraction of sp³-hybridized carbons (Fsp3) is 0.375. The highest BCUT2D eigenvalue weighted by Gasteiger charge is 2.32. The first-order valence-corrected chi connectivity index (χ1v) is 8.97. The van der Waals surface area contributed by atoms with Crippen LogP contribution in [-0.4, -0.2) is 6.54 Å². The monoisotopic (exact) mass is 369 g/mol. The number of thiophene rings is 1. The van der Waals surface area contributed by atoms with Gasteiger partial charge < -0.3 is 5.32 Å². The van der Waals surface area contributed by atoms with E-state index in [1.807, 2.05) is 23.5 Å². The Morgan fingerprint density at radius 2 is 2.15 bits per heavy atom. The second-order valence-corrected chi connectivity index (χ2v) is 7.49. The normalized spacial score (nSPS) is 16.4. The molecule has 106 valence electrons. The molecule has 1 fully saturated rings. The highest BCUT2D eigenvalue weighted by molar-refractivity contribution is 9.10. The molecule has 1 N–H and O–H groups in total. The lowest BCUT2D eigenvalue weighted by Gasteiger charge is -2.15. The Morgan fingerprint density at radius 1 is 1.35 bits per heavy atom. The maximum atomic E-state index is 6.19. The van der Waals surface area contributed by atoms with Gasteiger partial charge in [0.15, 0.2) is 0 Å². The summed E-state index contributed by atoms with van der Waals surface area (Å²) in [5.74, 6) is 0.823. The number of nitrogens with one attached hydrogen (secondary N) is 1. The summed E-state index contributed by atoms with van der Waals surface area (Å²) in [5.41, 5.74) is 1.18. The first kappa shape index (κ1) is 14.6. The van der Waals surface area contributed by atoms with Gasteiger partial charge >= 0.3 is 0 Å². The molecule has 0 bridgehead atoms. The zero-order valence-electron chi connectivity index (χ0n) is 11.3. The van der Waals surface area contributed by atoms with Gasteiger partial charge in [-0.15, -0.1) is 11.3 Å². The molecule has 0 spiro atoms. The third-order valence-electron chi connectivity index (χ3n) is 3.67. The van der Waals surface area contributed by atoms with Crippen LogP contribution in [0.5, 0.6) is 0 Å². The summed E-state index contributed by atoms with van der Waals surface area (Å²) in [6.45, 7) is 3.20. The van der Waals surface area contributed by atoms with E-state index in [4.69, 9.17) is 11.6 Å². The van der Waals surface area contributed by atoms with Crippen LogP contribution < -0.4 is 5.32 Å². The van der Waals surface area contributed by atoms with E-state index in [1.165, 1.54) is 28.2 Å². The van der Waals surface area contributed by atoms with Gasteiger partial charge in [-0.05, 0) is 59.4 Å². The summed E-state index contributed by atoms with van der Waals surface area (Å²) in [7, 11) is 0. The van der Waals surface area contributed by atoms with Crippen molar-refractivity contribution in [2.45, 2.75) is 25.8 Å². The van der Waals surface area contributed by atoms with E-state index in [-0.39, 0.29) is 0 Å². The molecule has 2 aromatic rings. The molecule has 0 radical (unpaired) electrons. The molecule has 1 nitrogen and oxygen atoms in total. The lowest BCUT2D eigenvalue weighted by atomic mass is 10.1. The quantitative estimate of drug-likeness (QED) is 0.691. The average molecular weight is 371 g/mol. The van der Waals surface area contributed by atoms with E-state index in [2.05, 4.69) is 46.4 Å². The van der Waals surface area contributed by atoms with Crippen LogP contribution >= 0.6 is 38.9 Å². The zero-order chi connectivity index (χ0) is 14.1. The minimum absolute atomic E-state index is 0.525. The first-order chi connectivity index (χ1) is 9.70. The lowest BCUT2D eigenvalue weighted by Crippen LogP contribution is -2.21. The predicted molar refractivity (Wildman–Crippen MR) is 91.6 cm³/mol. The van der Waals surface area contributed by atoms with Crippen molar-refractivity contribution in [2.75, 3.05) is 6.54 Å². The van der Waals surface area contributed by atoms with Crippen molar-refractivity contribution in [3.8, 4) is 10.4 Å². The number of rotatable bonds is 5. The number of halogens is 2. The molecule has 3 rings (SSSR count). The summed E-state index contributed by atoms with van der Waals surface area (Å²) in [6.07, 6.45) is 2.71. The van der Waals surface area contributed by atoms with Gasteiger partial charge in [0.1, 0.15) is 0 Å². The Hall–Kier alpha value is -0.350. The number of hydrogen-bond donors (Lipinski definition) is 1. The molecule has 1 heterocycles. The van der Waals surface area contributed by atoms with Crippen molar-refractivity contribution >= 4 is 38.9 Å². The second-order valence-electron chi connectivity index (χ2n) is 5.18. The highest BCUT2D eigenvalue weighted by Crippen LogP contribution is 2.45. The second kappa shape index (κ2) is 6.18. The third kappa shape index (κ3) is 2.96. The fourth-order valence-electron chi connectivity index (χ4n) is 2.51.